The summed E-state index contributed by atoms with van der Waals surface area (Å²) in [7, 11) is 0. The van der Waals surface area contributed by atoms with Gasteiger partial charge in [-0.3, -0.25) is 14.4 Å². The van der Waals surface area contributed by atoms with Crippen LogP contribution >= 0.6 is 0 Å². The van der Waals surface area contributed by atoms with Gasteiger partial charge in [-0.1, -0.05) is 256 Å². The lowest BCUT2D eigenvalue weighted by atomic mass is 10.0. The van der Waals surface area contributed by atoms with Gasteiger partial charge in [0.05, 0.1) is 0 Å². The smallest absolute Gasteiger partial charge is 0.306 e. The maximum absolute atomic E-state index is 12.8. The molecule has 0 aromatic rings. The Morgan fingerprint density at radius 2 is 0.545 bits per heavy atom. The summed E-state index contributed by atoms with van der Waals surface area (Å²) in [5.41, 5.74) is 0. The number of carbonyl (C=O) groups is 3. The van der Waals surface area contributed by atoms with Gasteiger partial charge < -0.3 is 14.2 Å². The second kappa shape index (κ2) is 55.2. The normalized spacial score (nSPS) is 12.2. The molecule has 0 aliphatic rings. The minimum Gasteiger partial charge on any atom is -0.462 e. The number of unbranched alkanes of at least 4 members (excludes halogenated alkanes) is 37. The van der Waals surface area contributed by atoms with Gasteiger partial charge in [0, 0.05) is 19.3 Å². The topological polar surface area (TPSA) is 78.9 Å². The number of rotatable bonds is 53. The zero-order chi connectivity index (χ0) is 47.9. The Balaban J connectivity index is 4.38. The van der Waals surface area contributed by atoms with E-state index in [1.807, 2.05) is 0 Å². The molecule has 0 saturated heterocycles. The van der Waals surface area contributed by atoms with Crippen molar-refractivity contribution in [3.63, 3.8) is 0 Å². The van der Waals surface area contributed by atoms with Gasteiger partial charge in [0.25, 0.3) is 0 Å². The maximum atomic E-state index is 12.8. The second-order valence-electron chi connectivity index (χ2n) is 19.6. The van der Waals surface area contributed by atoms with Gasteiger partial charge >= 0.3 is 17.9 Å². The number of hydrogen-bond acceptors (Lipinski definition) is 6. The van der Waals surface area contributed by atoms with Gasteiger partial charge in [-0.25, -0.2) is 0 Å². The van der Waals surface area contributed by atoms with Crippen LogP contribution in [0.2, 0.25) is 0 Å². The van der Waals surface area contributed by atoms with Gasteiger partial charge in [-0.15, -0.1) is 0 Å². The van der Waals surface area contributed by atoms with Crippen molar-refractivity contribution in [2.45, 2.75) is 316 Å². The highest BCUT2D eigenvalue weighted by Gasteiger charge is 2.19. The predicted octanol–water partition coefficient (Wildman–Crippen LogP) is 19.3. The first-order chi connectivity index (χ1) is 32.5. The van der Waals surface area contributed by atoms with Crippen LogP contribution in [0.3, 0.4) is 0 Å². The molecule has 0 N–H and O–H groups in total. The molecular weight excluding hydrogens is 817 g/mol. The largest absolute Gasteiger partial charge is 0.462 e. The molecule has 0 saturated carbocycles. The first kappa shape index (κ1) is 63.6. The average molecular weight is 928 g/mol. The minimum atomic E-state index is -0.781. The van der Waals surface area contributed by atoms with Crippen molar-refractivity contribution in [1.29, 1.82) is 0 Å². The van der Waals surface area contributed by atoms with Crippen LogP contribution in [0.4, 0.5) is 0 Å². The molecule has 0 amide bonds. The van der Waals surface area contributed by atoms with Crippen LogP contribution in [0, 0.1) is 0 Å². The van der Waals surface area contributed by atoms with Gasteiger partial charge in [-0.2, -0.15) is 0 Å². The molecule has 0 fully saturated rings. The molecule has 0 rings (SSSR count). The lowest BCUT2D eigenvalue weighted by Crippen LogP contribution is -2.30. The number of esters is 3. The van der Waals surface area contributed by atoms with E-state index in [1.165, 1.54) is 180 Å². The third kappa shape index (κ3) is 52.6. The fraction of sp³-hybridized carbons (Fsp3) is 0.850. The lowest BCUT2D eigenvalue weighted by Gasteiger charge is -2.18. The number of ether oxygens (including phenoxy) is 3. The Kier molecular flexibility index (Phi) is 53.2. The van der Waals surface area contributed by atoms with E-state index < -0.39 is 6.10 Å². The highest BCUT2D eigenvalue weighted by Crippen LogP contribution is 2.16. The Hall–Kier alpha value is -2.37. The second-order valence-corrected chi connectivity index (χ2v) is 19.6. The SMILES string of the molecule is CCCCCCCCC/C=C\C=C/CCCCCCCC(=O)OCC(COC(=O)CCCCC/C=C\CCCCCCCCC)OC(=O)CCCCCCCCCCCCCCCCCC. The molecule has 0 aliphatic carbocycles. The van der Waals surface area contributed by atoms with Crippen LogP contribution in [0.1, 0.15) is 310 Å². The Labute approximate surface area is 410 Å². The molecule has 1 unspecified atom stereocenters. The summed E-state index contributed by atoms with van der Waals surface area (Å²) < 4.78 is 16.9. The van der Waals surface area contributed by atoms with Crippen molar-refractivity contribution in [2.75, 3.05) is 13.2 Å². The van der Waals surface area contributed by atoms with E-state index in [1.54, 1.807) is 0 Å². The molecule has 386 valence electrons. The molecule has 1 atom stereocenters. The number of carbonyl (C=O) groups excluding carboxylic acids is 3. The predicted molar refractivity (Wildman–Crippen MR) is 284 cm³/mol. The summed E-state index contributed by atoms with van der Waals surface area (Å²) in [5.74, 6) is -0.893. The van der Waals surface area contributed by atoms with Gasteiger partial charge in [0.2, 0.25) is 0 Å². The van der Waals surface area contributed by atoms with Crippen LogP contribution in [0.5, 0.6) is 0 Å². The monoisotopic (exact) mass is 927 g/mol. The van der Waals surface area contributed by atoms with Crippen molar-refractivity contribution >= 4 is 17.9 Å². The molecule has 0 radical (unpaired) electrons. The van der Waals surface area contributed by atoms with Crippen molar-refractivity contribution in [3.05, 3.63) is 36.5 Å². The molecule has 66 heavy (non-hydrogen) atoms. The summed E-state index contributed by atoms with van der Waals surface area (Å²) in [6, 6.07) is 0. The first-order valence-corrected chi connectivity index (χ1v) is 29.0. The molecule has 0 spiro atoms. The molecule has 0 aromatic heterocycles. The molecule has 0 heterocycles. The highest BCUT2D eigenvalue weighted by molar-refractivity contribution is 5.71. The molecule has 6 nitrogen and oxygen atoms in total. The molecule has 0 bridgehead atoms. The molecular formula is C60H110O6. The average Bonchev–Trinajstić information content (AvgIpc) is 3.31. The maximum Gasteiger partial charge on any atom is 0.306 e. The Morgan fingerprint density at radius 3 is 0.864 bits per heavy atom. The molecule has 0 aliphatic heterocycles. The summed E-state index contributed by atoms with van der Waals surface area (Å²) >= 11 is 0. The van der Waals surface area contributed by atoms with Crippen molar-refractivity contribution in [2.24, 2.45) is 0 Å². The van der Waals surface area contributed by atoms with Gasteiger partial charge in [0.15, 0.2) is 6.10 Å². The van der Waals surface area contributed by atoms with Crippen LogP contribution in [-0.4, -0.2) is 37.2 Å². The summed E-state index contributed by atoms with van der Waals surface area (Å²) in [6.45, 7) is 6.64. The molecule has 6 heteroatoms. The van der Waals surface area contributed by atoms with Crippen LogP contribution < -0.4 is 0 Å². The summed E-state index contributed by atoms with van der Waals surface area (Å²) in [4.78, 5) is 38.1. The number of allylic oxidation sites excluding steroid dienone is 6. The highest BCUT2D eigenvalue weighted by atomic mass is 16.6. The van der Waals surface area contributed by atoms with E-state index in [0.717, 1.165) is 89.9 Å². The van der Waals surface area contributed by atoms with Gasteiger partial charge in [0.1, 0.15) is 13.2 Å². The van der Waals surface area contributed by atoms with Crippen molar-refractivity contribution < 1.29 is 28.6 Å². The van der Waals surface area contributed by atoms with E-state index in [0.29, 0.717) is 19.3 Å². The van der Waals surface area contributed by atoms with Crippen LogP contribution in [0.15, 0.2) is 36.5 Å². The van der Waals surface area contributed by atoms with Crippen molar-refractivity contribution in [3.8, 4) is 0 Å². The standard InChI is InChI=1S/C60H110O6/c1-4-7-10-13-16-19-22-25-28-30-31-33-35-38-41-44-47-50-53-59(62)65-56-57(55-64-58(61)52-49-46-43-40-37-34-27-24-21-18-15-12-9-6-3)66-60(63)54-51-48-45-42-39-36-32-29-26-23-20-17-14-11-8-5-2/h28,30-31,33-34,37,57H,4-27,29,32,35-36,38-56H2,1-3H3/b30-28-,33-31-,37-34-. The van der Waals surface area contributed by atoms with E-state index in [2.05, 4.69) is 57.2 Å². The quantitative estimate of drug-likeness (QED) is 0.0199. The Bertz CT molecular complexity index is 1110. The third-order valence-electron chi connectivity index (χ3n) is 12.9. The zero-order valence-corrected chi connectivity index (χ0v) is 44.2. The minimum absolute atomic E-state index is 0.0815. The zero-order valence-electron chi connectivity index (χ0n) is 44.2. The van der Waals surface area contributed by atoms with Crippen LogP contribution in [-0.2, 0) is 28.6 Å². The van der Waals surface area contributed by atoms with Crippen molar-refractivity contribution in [1.82, 2.24) is 0 Å². The lowest BCUT2D eigenvalue weighted by molar-refractivity contribution is -0.167. The fourth-order valence-electron chi connectivity index (χ4n) is 8.49. The van der Waals surface area contributed by atoms with Gasteiger partial charge in [-0.05, 0) is 70.6 Å². The van der Waals surface area contributed by atoms with E-state index in [4.69, 9.17) is 14.2 Å². The van der Waals surface area contributed by atoms with Crippen LogP contribution in [0.25, 0.3) is 0 Å². The number of hydrogen-bond donors (Lipinski definition) is 0. The first-order valence-electron chi connectivity index (χ1n) is 29.0. The van der Waals surface area contributed by atoms with E-state index >= 15 is 0 Å². The third-order valence-corrected chi connectivity index (χ3v) is 12.9. The summed E-state index contributed by atoms with van der Waals surface area (Å²) in [5, 5.41) is 0. The Morgan fingerprint density at radius 1 is 0.303 bits per heavy atom. The molecule has 0 aromatic carbocycles. The van der Waals surface area contributed by atoms with E-state index in [9.17, 15) is 14.4 Å². The van der Waals surface area contributed by atoms with E-state index in [-0.39, 0.29) is 31.1 Å². The fourth-order valence-corrected chi connectivity index (χ4v) is 8.49. The summed E-state index contributed by atoms with van der Waals surface area (Å²) in [6.07, 6.45) is 65.6.